The Morgan fingerprint density at radius 1 is 1.41 bits per heavy atom. The fourth-order valence-electron chi connectivity index (χ4n) is 1.70. The van der Waals surface area contributed by atoms with Gasteiger partial charge in [-0.1, -0.05) is 0 Å². The highest BCUT2D eigenvalue weighted by atomic mass is 32.1. The average molecular weight is 258 g/mol. The summed E-state index contributed by atoms with van der Waals surface area (Å²) in [6.45, 7) is 8.41. The SMILES string of the molecule is Cc1nc(C(C)NCCCOCCO)c(C)s1. The van der Waals surface area contributed by atoms with Crippen molar-refractivity contribution in [3.63, 3.8) is 0 Å². The van der Waals surface area contributed by atoms with Crippen molar-refractivity contribution < 1.29 is 9.84 Å². The summed E-state index contributed by atoms with van der Waals surface area (Å²) >= 11 is 1.74. The van der Waals surface area contributed by atoms with E-state index in [1.54, 1.807) is 11.3 Å². The Labute approximate surface area is 107 Å². The van der Waals surface area contributed by atoms with E-state index in [-0.39, 0.29) is 12.6 Å². The van der Waals surface area contributed by atoms with E-state index in [0.717, 1.165) is 23.7 Å². The lowest BCUT2D eigenvalue weighted by molar-refractivity contribution is 0.0904. The Morgan fingerprint density at radius 3 is 2.76 bits per heavy atom. The van der Waals surface area contributed by atoms with Crippen molar-refractivity contribution in [3.05, 3.63) is 15.6 Å². The van der Waals surface area contributed by atoms with Crippen molar-refractivity contribution in [2.75, 3.05) is 26.4 Å². The highest BCUT2D eigenvalue weighted by Crippen LogP contribution is 2.22. The van der Waals surface area contributed by atoms with Crippen molar-refractivity contribution in [1.82, 2.24) is 10.3 Å². The van der Waals surface area contributed by atoms with Crippen LogP contribution < -0.4 is 5.32 Å². The van der Waals surface area contributed by atoms with E-state index < -0.39 is 0 Å². The zero-order valence-electron chi connectivity index (χ0n) is 10.8. The lowest BCUT2D eigenvalue weighted by Crippen LogP contribution is -2.22. The number of hydrogen-bond acceptors (Lipinski definition) is 5. The molecule has 2 N–H and O–H groups in total. The van der Waals surface area contributed by atoms with Gasteiger partial charge in [0.05, 0.1) is 23.9 Å². The third kappa shape index (κ3) is 5.12. The molecule has 0 saturated carbocycles. The maximum Gasteiger partial charge on any atom is 0.0900 e. The highest BCUT2D eigenvalue weighted by Gasteiger charge is 2.11. The molecule has 1 aromatic heterocycles. The molecule has 1 rings (SSSR count). The van der Waals surface area contributed by atoms with Crippen molar-refractivity contribution in [2.45, 2.75) is 33.2 Å². The first-order valence-corrected chi connectivity index (χ1v) is 6.82. The number of aryl methyl sites for hydroxylation is 2. The summed E-state index contributed by atoms with van der Waals surface area (Å²) in [5, 5.41) is 13.1. The maximum absolute atomic E-state index is 8.54. The van der Waals surface area contributed by atoms with Crippen LogP contribution in [-0.2, 0) is 4.74 Å². The average Bonchev–Trinajstić information content (AvgIpc) is 2.62. The number of hydrogen-bond donors (Lipinski definition) is 2. The van der Waals surface area contributed by atoms with Crippen LogP contribution in [0, 0.1) is 13.8 Å². The molecule has 4 nitrogen and oxygen atoms in total. The quantitative estimate of drug-likeness (QED) is 0.698. The summed E-state index contributed by atoms with van der Waals surface area (Å²) in [7, 11) is 0. The first-order valence-electron chi connectivity index (χ1n) is 6.01. The lowest BCUT2D eigenvalue weighted by atomic mass is 10.2. The molecular weight excluding hydrogens is 236 g/mol. The topological polar surface area (TPSA) is 54.4 Å². The predicted molar refractivity (Wildman–Crippen MR) is 70.5 cm³/mol. The van der Waals surface area contributed by atoms with Crippen molar-refractivity contribution in [2.24, 2.45) is 0 Å². The second-order valence-corrected chi connectivity index (χ2v) is 5.45. The molecule has 1 atom stereocenters. The predicted octanol–water partition coefficient (Wildman–Crippen LogP) is 1.81. The Hall–Kier alpha value is -0.490. The van der Waals surface area contributed by atoms with E-state index in [9.17, 15) is 0 Å². The van der Waals surface area contributed by atoms with E-state index in [4.69, 9.17) is 9.84 Å². The fraction of sp³-hybridized carbons (Fsp3) is 0.750. The normalized spacial score (nSPS) is 12.9. The Balaban J connectivity index is 2.21. The molecule has 0 spiro atoms. The molecule has 0 amide bonds. The smallest absolute Gasteiger partial charge is 0.0900 e. The third-order valence-corrected chi connectivity index (χ3v) is 3.40. The number of aromatic nitrogens is 1. The van der Waals surface area contributed by atoms with Gasteiger partial charge in [-0.3, -0.25) is 0 Å². The molecular formula is C12H22N2O2S. The maximum atomic E-state index is 8.54. The minimum atomic E-state index is 0.0983. The van der Waals surface area contributed by atoms with E-state index in [1.165, 1.54) is 4.88 Å². The minimum Gasteiger partial charge on any atom is -0.394 e. The number of thiazole rings is 1. The van der Waals surface area contributed by atoms with Gasteiger partial charge in [0.1, 0.15) is 0 Å². The third-order valence-electron chi connectivity index (χ3n) is 2.50. The number of ether oxygens (including phenoxy) is 1. The zero-order chi connectivity index (χ0) is 12.7. The van der Waals surface area contributed by atoms with E-state index >= 15 is 0 Å². The van der Waals surface area contributed by atoms with E-state index in [2.05, 4.69) is 24.1 Å². The molecule has 0 aliphatic carbocycles. The largest absolute Gasteiger partial charge is 0.394 e. The molecule has 1 aromatic rings. The molecule has 1 heterocycles. The molecule has 0 saturated heterocycles. The van der Waals surface area contributed by atoms with Crippen LogP contribution in [0.5, 0.6) is 0 Å². The summed E-state index contributed by atoms with van der Waals surface area (Å²) in [5.74, 6) is 0. The van der Waals surface area contributed by atoms with Crippen LogP contribution in [-0.4, -0.2) is 36.5 Å². The van der Waals surface area contributed by atoms with Gasteiger partial charge in [-0.2, -0.15) is 0 Å². The van der Waals surface area contributed by atoms with Gasteiger partial charge >= 0.3 is 0 Å². The molecule has 98 valence electrons. The van der Waals surface area contributed by atoms with Gasteiger partial charge in [0.15, 0.2) is 0 Å². The summed E-state index contributed by atoms with van der Waals surface area (Å²) in [6.07, 6.45) is 0.951. The van der Waals surface area contributed by atoms with Crippen LogP contribution in [0.2, 0.25) is 0 Å². The molecule has 0 aromatic carbocycles. The van der Waals surface area contributed by atoms with Gasteiger partial charge in [0, 0.05) is 17.5 Å². The van der Waals surface area contributed by atoms with Crippen LogP contribution in [0.15, 0.2) is 0 Å². The van der Waals surface area contributed by atoms with Crippen LogP contribution in [0.25, 0.3) is 0 Å². The molecule has 0 bridgehead atoms. The summed E-state index contributed by atoms with van der Waals surface area (Å²) < 4.78 is 5.19. The first kappa shape index (κ1) is 14.6. The van der Waals surface area contributed by atoms with Crippen LogP contribution >= 0.6 is 11.3 Å². The molecule has 17 heavy (non-hydrogen) atoms. The van der Waals surface area contributed by atoms with Crippen molar-refractivity contribution in [1.29, 1.82) is 0 Å². The molecule has 0 fully saturated rings. The second kappa shape index (κ2) is 7.76. The number of aliphatic hydroxyl groups is 1. The van der Waals surface area contributed by atoms with Crippen LogP contribution in [0.3, 0.4) is 0 Å². The second-order valence-electron chi connectivity index (χ2n) is 4.04. The molecule has 1 unspecified atom stereocenters. The van der Waals surface area contributed by atoms with Gasteiger partial charge in [-0.25, -0.2) is 4.98 Å². The Bertz CT molecular complexity index is 328. The van der Waals surface area contributed by atoms with Gasteiger partial charge < -0.3 is 15.2 Å². The molecule has 0 aliphatic heterocycles. The van der Waals surface area contributed by atoms with Gasteiger partial charge in [-0.05, 0) is 33.7 Å². The van der Waals surface area contributed by atoms with Crippen LogP contribution in [0.4, 0.5) is 0 Å². The number of nitrogens with zero attached hydrogens (tertiary/aromatic N) is 1. The standard InChI is InChI=1S/C12H22N2O2S/c1-9(12-10(2)17-11(3)14-12)13-5-4-7-16-8-6-15/h9,13,15H,4-8H2,1-3H3. The molecule has 0 aliphatic rings. The van der Waals surface area contributed by atoms with Gasteiger partial charge in [0.25, 0.3) is 0 Å². The van der Waals surface area contributed by atoms with E-state index in [1.807, 2.05) is 6.92 Å². The van der Waals surface area contributed by atoms with Crippen molar-refractivity contribution in [3.8, 4) is 0 Å². The minimum absolute atomic E-state index is 0.0983. The number of nitrogens with one attached hydrogen (secondary N) is 1. The Kier molecular flexibility index (Phi) is 6.65. The number of rotatable bonds is 8. The summed E-state index contributed by atoms with van der Waals surface area (Å²) in [6, 6.07) is 0.290. The highest BCUT2D eigenvalue weighted by molar-refractivity contribution is 7.11. The zero-order valence-corrected chi connectivity index (χ0v) is 11.6. The summed E-state index contributed by atoms with van der Waals surface area (Å²) in [4.78, 5) is 5.82. The van der Waals surface area contributed by atoms with Gasteiger partial charge in [-0.15, -0.1) is 11.3 Å². The first-order chi connectivity index (χ1) is 8.15. The lowest BCUT2D eigenvalue weighted by Gasteiger charge is -2.12. The molecule has 0 radical (unpaired) electrons. The Morgan fingerprint density at radius 2 is 2.18 bits per heavy atom. The van der Waals surface area contributed by atoms with Crippen LogP contribution in [0.1, 0.15) is 35.0 Å². The molecule has 5 heteroatoms. The van der Waals surface area contributed by atoms with E-state index in [0.29, 0.717) is 13.2 Å². The van der Waals surface area contributed by atoms with Gasteiger partial charge in [0.2, 0.25) is 0 Å². The fourth-order valence-corrected chi connectivity index (χ4v) is 2.62. The van der Waals surface area contributed by atoms with Crippen molar-refractivity contribution >= 4 is 11.3 Å². The monoisotopic (exact) mass is 258 g/mol. The number of aliphatic hydroxyl groups excluding tert-OH is 1. The summed E-state index contributed by atoms with van der Waals surface area (Å²) in [5.41, 5.74) is 1.16.